The normalized spacial score (nSPS) is 15.1. The zero-order valence-corrected chi connectivity index (χ0v) is 16.5. The Bertz CT molecular complexity index is 738. The summed E-state index contributed by atoms with van der Waals surface area (Å²) in [7, 11) is -4.28. The number of carboxylic acids is 1. The molecule has 1 N–H and O–H groups in total. The van der Waals surface area contributed by atoms with Crippen LogP contribution in [-0.2, 0) is 14.8 Å². The van der Waals surface area contributed by atoms with E-state index in [1.165, 1.54) is 19.0 Å². The van der Waals surface area contributed by atoms with E-state index in [-0.39, 0.29) is 6.54 Å². The molecule has 0 amide bonds. The van der Waals surface area contributed by atoms with E-state index in [1.54, 1.807) is 0 Å². The molecule has 0 saturated heterocycles. The van der Waals surface area contributed by atoms with Gasteiger partial charge in [0.05, 0.1) is 6.42 Å². The van der Waals surface area contributed by atoms with Crippen LogP contribution in [0.3, 0.4) is 0 Å². The molecule has 31 heavy (non-hydrogen) atoms. The maximum Gasteiger partial charge on any atom is 0.460 e. The quantitative estimate of drug-likeness (QED) is 0.412. The number of rotatable bonds is 12. The van der Waals surface area contributed by atoms with Crippen molar-refractivity contribution in [3.8, 4) is 0 Å². The van der Waals surface area contributed by atoms with E-state index in [0.29, 0.717) is 0 Å². The molecule has 0 aromatic carbocycles. The molecule has 0 aliphatic rings. The predicted molar refractivity (Wildman–Crippen MR) is 81.8 cm³/mol. The van der Waals surface area contributed by atoms with Crippen LogP contribution in [0.4, 0.5) is 48.3 Å². The van der Waals surface area contributed by atoms with E-state index in [9.17, 15) is 61.5 Å². The number of nitrogens with zero attached hydrogens (tertiary/aromatic N) is 2. The van der Waals surface area contributed by atoms with Gasteiger partial charge in [0.2, 0.25) is 0 Å². The highest BCUT2D eigenvalue weighted by Crippen LogP contribution is 2.58. The smallest absolute Gasteiger partial charge is 0.460 e. The van der Waals surface area contributed by atoms with Gasteiger partial charge in [-0.2, -0.15) is 52.6 Å². The Hall–Kier alpha value is -1.43. The maximum absolute atomic E-state index is 14.0. The standard InChI is InChI=1S/C13H17F11N2O4S/c1-25(2)5-3-6-26(7-4-8(27)28)31(29,30)13(23,24)11(18,19)9(14,15)10(16,17)12(20,21)22/h3-7H2,1-2H3,(H,27,28). The van der Waals surface area contributed by atoms with Crippen LogP contribution >= 0.6 is 0 Å². The van der Waals surface area contributed by atoms with E-state index in [1.807, 2.05) is 0 Å². The monoisotopic (exact) mass is 506 g/mol. The van der Waals surface area contributed by atoms with Gasteiger partial charge in [-0.15, -0.1) is 0 Å². The molecule has 0 heterocycles. The third-order valence-electron chi connectivity index (χ3n) is 3.76. The minimum Gasteiger partial charge on any atom is -0.481 e. The lowest BCUT2D eigenvalue weighted by Crippen LogP contribution is -2.69. The SMILES string of the molecule is CN(C)CCCN(CCC(=O)O)S(=O)(=O)C(F)(F)C(F)(F)C(F)(F)C(F)(F)C(F)(F)F. The molecule has 0 spiro atoms. The van der Waals surface area contributed by atoms with Crippen molar-refractivity contribution in [2.75, 3.05) is 33.7 Å². The molecule has 0 fully saturated rings. The lowest BCUT2D eigenvalue weighted by Gasteiger charge is -2.38. The van der Waals surface area contributed by atoms with Crippen LogP contribution in [0.1, 0.15) is 12.8 Å². The van der Waals surface area contributed by atoms with Crippen molar-refractivity contribution in [3.05, 3.63) is 0 Å². The second-order valence-corrected chi connectivity index (χ2v) is 8.42. The van der Waals surface area contributed by atoms with Crippen molar-refractivity contribution in [2.24, 2.45) is 0 Å². The van der Waals surface area contributed by atoms with Crippen LogP contribution < -0.4 is 0 Å². The van der Waals surface area contributed by atoms with Gasteiger partial charge in [-0.1, -0.05) is 0 Å². The number of aliphatic carboxylic acids is 1. The van der Waals surface area contributed by atoms with Crippen molar-refractivity contribution in [1.82, 2.24) is 9.21 Å². The second-order valence-electron chi connectivity index (χ2n) is 6.44. The summed E-state index contributed by atoms with van der Waals surface area (Å²) in [5.74, 6) is -25.2. The fourth-order valence-electron chi connectivity index (χ4n) is 2.02. The van der Waals surface area contributed by atoms with Gasteiger partial charge in [0.15, 0.2) is 0 Å². The largest absolute Gasteiger partial charge is 0.481 e. The molecule has 0 saturated carbocycles. The number of halogens is 11. The number of carbonyl (C=O) groups is 1. The first kappa shape index (κ1) is 29.6. The summed E-state index contributed by atoms with van der Waals surface area (Å²) in [6.07, 6.45) is -9.17. The molecule has 0 aromatic rings. The van der Waals surface area contributed by atoms with Gasteiger partial charge in [-0.05, 0) is 27.1 Å². The minimum atomic E-state index is -7.89. The summed E-state index contributed by atoms with van der Waals surface area (Å²) < 4.78 is 168. The molecule has 0 aliphatic carbocycles. The van der Waals surface area contributed by atoms with Crippen LogP contribution in [0.2, 0.25) is 0 Å². The fraction of sp³-hybridized carbons (Fsp3) is 0.923. The van der Waals surface area contributed by atoms with E-state index in [4.69, 9.17) is 5.11 Å². The third kappa shape index (κ3) is 5.50. The van der Waals surface area contributed by atoms with Crippen LogP contribution in [0.5, 0.6) is 0 Å². The topological polar surface area (TPSA) is 77.9 Å². The predicted octanol–water partition coefficient (Wildman–Crippen LogP) is 3.11. The van der Waals surface area contributed by atoms with E-state index < -0.39 is 75.4 Å². The molecule has 0 atom stereocenters. The highest BCUT2D eigenvalue weighted by atomic mass is 32.2. The molecule has 18 heteroatoms. The summed E-state index contributed by atoms with van der Waals surface area (Å²) in [5, 5.41) is 1.35. The van der Waals surface area contributed by atoms with Gasteiger partial charge in [-0.3, -0.25) is 4.79 Å². The van der Waals surface area contributed by atoms with E-state index >= 15 is 0 Å². The molecule has 186 valence electrons. The Morgan fingerprint density at radius 1 is 0.774 bits per heavy atom. The summed E-state index contributed by atoms with van der Waals surface area (Å²) in [4.78, 5) is 11.9. The third-order valence-corrected chi connectivity index (χ3v) is 5.71. The van der Waals surface area contributed by atoms with E-state index in [0.717, 1.165) is 0 Å². The van der Waals surface area contributed by atoms with Gasteiger partial charge in [0.1, 0.15) is 0 Å². The minimum absolute atomic E-state index is 0.108. The van der Waals surface area contributed by atoms with Gasteiger partial charge < -0.3 is 10.0 Å². The fourth-order valence-corrected chi connectivity index (χ4v) is 3.50. The summed E-state index contributed by atoms with van der Waals surface area (Å²) >= 11 is 0. The van der Waals surface area contributed by atoms with Gasteiger partial charge in [0, 0.05) is 13.1 Å². The Labute approximate surface area is 168 Å². The summed E-state index contributed by atoms with van der Waals surface area (Å²) in [5.41, 5.74) is 0. The Morgan fingerprint density at radius 3 is 1.58 bits per heavy atom. The molecule has 0 rings (SSSR count). The number of sulfonamides is 1. The average molecular weight is 506 g/mol. The summed E-state index contributed by atoms with van der Waals surface area (Å²) in [6.45, 7) is -2.73. The summed E-state index contributed by atoms with van der Waals surface area (Å²) in [6, 6.07) is 0. The van der Waals surface area contributed by atoms with Crippen LogP contribution in [0.25, 0.3) is 0 Å². The molecule has 0 bridgehead atoms. The Morgan fingerprint density at radius 2 is 1.23 bits per heavy atom. The Kier molecular flexibility index (Phi) is 8.78. The Balaban J connectivity index is 6.36. The first-order valence-electron chi connectivity index (χ1n) is 7.92. The van der Waals surface area contributed by atoms with Crippen LogP contribution in [-0.4, -0.2) is 91.6 Å². The first-order chi connectivity index (χ1) is 13.5. The van der Waals surface area contributed by atoms with Crippen molar-refractivity contribution in [2.45, 2.75) is 42.0 Å². The highest BCUT2D eigenvalue weighted by molar-refractivity contribution is 7.90. The molecule has 6 nitrogen and oxygen atoms in total. The maximum atomic E-state index is 14.0. The zero-order chi connectivity index (χ0) is 25.3. The lowest BCUT2D eigenvalue weighted by molar-refractivity contribution is -0.413. The van der Waals surface area contributed by atoms with E-state index in [2.05, 4.69) is 0 Å². The number of carboxylic acid groups (broad SMARTS) is 1. The number of hydrogen-bond acceptors (Lipinski definition) is 4. The van der Waals surface area contributed by atoms with Crippen LogP contribution in [0, 0.1) is 0 Å². The molecular weight excluding hydrogens is 489 g/mol. The number of hydrogen-bond donors (Lipinski definition) is 1. The number of alkyl halides is 11. The molecule has 0 aliphatic heterocycles. The second kappa shape index (κ2) is 9.21. The van der Waals surface area contributed by atoms with Crippen molar-refractivity contribution in [1.29, 1.82) is 0 Å². The molecule has 0 aromatic heterocycles. The average Bonchev–Trinajstić information content (AvgIpc) is 2.55. The van der Waals surface area contributed by atoms with Crippen molar-refractivity contribution in [3.63, 3.8) is 0 Å². The lowest BCUT2D eigenvalue weighted by atomic mass is 10.0. The molecular formula is C13H17F11N2O4S. The first-order valence-corrected chi connectivity index (χ1v) is 9.36. The zero-order valence-electron chi connectivity index (χ0n) is 15.7. The molecule has 0 radical (unpaired) electrons. The van der Waals surface area contributed by atoms with Crippen molar-refractivity contribution >= 4 is 16.0 Å². The highest BCUT2D eigenvalue weighted by Gasteiger charge is 2.89. The van der Waals surface area contributed by atoms with Gasteiger partial charge in [0.25, 0.3) is 10.0 Å². The van der Waals surface area contributed by atoms with Gasteiger partial charge >= 0.3 is 35.2 Å². The van der Waals surface area contributed by atoms with Crippen LogP contribution in [0.15, 0.2) is 0 Å². The molecule has 0 unspecified atom stereocenters. The van der Waals surface area contributed by atoms with Gasteiger partial charge in [-0.25, -0.2) is 8.42 Å². The van der Waals surface area contributed by atoms with Crippen molar-refractivity contribution < 1.29 is 66.6 Å².